The van der Waals surface area contributed by atoms with Crippen LogP contribution in [0.3, 0.4) is 0 Å². The number of nitrogens with one attached hydrogen (secondary N) is 1. The predicted octanol–water partition coefficient (Wildman–Crippen LogP) is 3.06. The molecular weight excluding hydrogens is 289 g/mol. The average molecular weight is 299 g/mol. The first-order chi connectivity index (χ1) is 10.6. The Hall–Kier alpha value is -3.29. The Morgan fingerprint density at radius 1 is 1.18 bits per heavy atom. The van der Waals surface area contributed by atoms with Crippen molar-refractivity contribution in [2.75, 3.05) is 5.32 Å². The molecule has 3 aromatic rings. The SMILES string of the molecule is O=[N+]([O-])c1ccc(Nc2cnn(-c3ccccc3F)c2)nc1. The van der Waals surface area contributed by atoms with Crippen LogP contribution in [0.5, 0.6) is 0 Å². The molecule has 2 aromatic heterocycles. The average Bonchev–Trinajstić information content (AvgIpc) is 2.96. The molecule has 8 heteroatoms. The summed E-state index contributed by atoms with van der Waals surface area (Å²) in [6.07, 6.45) is 4.26. The van der Waals surface area contributed by atoms with Gasteiger partial charge >= 0.3 is 0 Å². The molecule has 7 nitrogen and oxygen atoms in total. The number of hydrogen-bond acceptors (Lipinski definition) is 5. The van der Waals surface area contributed by atoms with E-state index in [0.717, 1.165) is 6.20 Å². The highest BCUT2D eigenvalue weighted by molar-refractivity contribution is 5.55. The fourth-order valence-corrected chi connectivity index (χ4v) is 1.87. The van der Waals surface area contributed by atoms with E-state index in [1.165, 1.54) is 29.1 Å². The van der Waals surface area contributed by atoms with Crippen LogP contribution in [0, 0.1) is 15.9 Å². The molecule has 0 aliphatic heterocycles. The molecule has 0 bridgehead atoms. The van der Waals surface area contributed by atoms with E-state index in [4.69, 9.17) is 0 Å². The second-order valence-corrected chi connectivity index (χ2v) is 4.41. The molecule has 0 atom stereocenters. The van der Waals surface area contributed by atoms with Gasteiger partial charge in [-0.3, -0.25) is 10.1 Å². The summed E-state index contributed by atoms with van der Waals surface area (Å²) in [5, 5.41) is 17.6. The molecular formula is C14H10FN5O2. The summed E-state index contributed by atoms with van der Waals surface area (Å²) in [4.78, 5) is 14.0. The second-order valence-electron chi connectivity index (χ2n) is 4.41. The zero-order valence-electron chi connectivity index (χ0n) is 11.2. The molecule has 0 unspecified atom stereocenters. The van der Waals surface area contributed by atoms with Crippen LogP contribution >= 0.6 is 0 Å². The van der Waals surface area contributed by atoms with Crippen molar-refractivity contribution in [2.24, 2.45) is 0 Å². The summed E-state index contributed by atoms with van der Waals surface area (Å²) < 4.78 is 15.1. The Morgan fingerprint density at radius 2 is 2.00 bits per heavy atom. The van der Waals surface area contributed by atoms with Crippen LogP contribution in [0.4, 0.5) is 21.6 Å². The number of nitro groups is 1. The van der Waals surface area contributed by atoms with Crippen LogP contribution in [0.2, 0.25) is 0 Å². The zero-order chi connectivity index (χ0) is 15.5. The highest BCUT2D eigenvalue weighted by atomic mass is 19.1. The van der Waals surface area contributed by atoms with Gasteiger partial charge in [0.15, 0.2) is 0 Å². The Labute approximate surface area is 124 Å². The monoisotopic (exact) mass is 299 g/mol. The van der Waals surface area contributed by atoms with Crippen LogP contribution in [0.1, 0.15) is 0 Å². The maximum atomic E-state index is 13.7. The largest absolute Gasteiger partial charge is 0.338 e. The van der Waals surface area contributed by atoms with Crippen LogP contribution in [0.25, 0.3) is 5.69 Å². The van der Waals surface area contributed by atoms with Crippen molar-refractivity contribution in [3.8, 4) is 5.69 Å². The number of para-hydroxylation sites is 1. The molecule has 3 rings (SSSR count). The minimum atomic E-state index is -0.521. The lowest BCUT2D eigenvalue weighted by Gasteiger charge is -2.03. The highest BCUT2D eigenvalue weighted by Crippen LogP contribution is 2.19. The molecule has 0 aliphatic rings. The van der Waals surface area contributed by atoms with Crippen molar-refractivity contribution in [2.45, 2.75) is 0 Å². The molecule has 22 heavy (non-hydrogen) atoms. The fourth-order valence-electron chi connectivity index (χ4n) is 1.87. The van der Waals surface area contributed by atoms with Gasteiger partial charge in [-0.25, -0.2) is 14.1 Å². The van der Waals surface area contributed by atoms with E-state index >= 15 is 0 Å². The minimum absolute atomic E-state index is 0.0902. The predicted molar refractivity (Wildman–Crippen MR) is 77.7 cm³/mol. The molecule has 0 spiro atoms. The third-order valence-corrected chi connectivity index (χ3v) is 2.91. The summed E-state index contributed by atoms with van der Waals surface area (Å²) >= 11 is 0. The number of nitrogens with zero attached hydrogens (tertiary/aromatic N) is 4. The quantitative estimate of drug-likeness (QED) is 0.591. The van der Waals surface area contributed by atoms with Gasteiger partial charge in [0, 0.05) is 6.07 Å². The van der Waals surface area contributed by atoms with Gasteiger partial charge in [0.1, 0.15) is 23.5 Å². The van der Waals surface area contributed by atoms with Crippen molar-refractivity contribution < 1.29 is 9.31 Å². The molecule has 0 radical (unpaired) electrons. The normalized spacial score (nSPS) is 10.4. The van der Waals surface area contributed by atoms with Crippen molar-refractivity contribution in [3.63, 3.8) is 0 Å². The molecule has 1 N–H and O–H groups in total. The van der Waals surface area contributed by atoms with Gasteiger partial charge in [-0.15, -0.1) is 0 Å². The van der Waals surface area contributed by atoms with Crippen LogP contribution < -0.4 is 5.32 Å². The van der Waals surface area contributed by atoms with E-state index in [2.05, 4.69) is 15.4 Å². The zero-order valence-corrected chi connectivity index (χ0v) is 11.2. The number of pyridine rings is 1. The molecule has 0 saturated carbocycles. The molecule has 2 heterocycles. The molecule has 0 aliphatic carbocycles. The van der Waals surface area contributed by atoms with Gasteiger partial charge in [-0.1, -0.05) is 12.1 Å². The maximum absolute atomic E-state index is 13.7. The van der Waals surface area contributed by atoms with Gasteiger partial charge in [-0.05, 0) is 18.2 Å². The Morgan fingerprint density at radius 3 is 2.68 bits per heavy atom. The van der Waals surface area contributed by atoms with E-state index in [9.17, 15) is 14.5 Å². The van der Waals surface area contributed by atoms with E-state index < -0.39 is 4.92 Å². The maximum Gasteiger partial charge on any atom is 0.287 e. The Balaban J connectivity index is 1.80. The van der Waals surface area contributed by atoms with Gasteiger partial charge in [0.2, 0.25) is 0 Å². The van der Waals surface area contributed by atoms with Crippen molar-refractivity contribution in [1.82, 2.24) is 14.8 Å². The van der Waals surface area contributed by atoms with Crippen LogP contribution in [0.15, 0.2) is 55.0 Å². The summed E-state index contributed by atoms with van der Waals surface area (Å²) in [5.41, 5.74) is 0.824. The number of halogens is 1. The first-order valence-electron chi connectivity index (χ1n) is 6.30. The first-order valence-corrected chi connectivity index (χ1v) is 6.30. The molecule has 1 aromatic carbocycles. The number of aromatic nitrogens is 3. The summed E-state index contributed by atoms with van der Waals surface area (Å²) in [7, 11) is 0. The van der Waals surface area contributed by atoms with Gasteiger partial charge in [-0.2, -0.15) is 5.10 Å². The molecule has 0 amide bonds. The van der Waals surface area contributed by atoms with Crippen molar-refractivity contribution in [3.05, 3.63) is 70.9 Å². The van der Waals surface area contributed by atoms with E-state index in [-0.39, 0.29) is 11.5 Å². The van der Waals surface area contributed by atoms with Gasteiger partial charge in [0.05, 0.1) is 23.0 Å². The van der Waals surface area contributed by atoms with E-state index in [1.807, 2.05) is 0 Å². The first kappa shape index (κ1) is 13.7. The third kappa shape index (κ3) is 2.75. The van der Waals surface area contributed by atoms with E-state index in [0.29, 0.717) is 17.2 Å². The van der Waals surface area contributed by atoms with Crippen LogP contribution in [-0.4, -0.2) is 19.7 Å². The lowest BCUT2D eigenvalue weighted by atomic mass is 10.3. The Kier molecular flexibility index (Phi) is 3.48. The summed E-state index contributed by atoms with van der Waals surface area (Å²) in [6, 6.07) is 9.10. The fraction of sp³-hybridized carbons (Fsp3) is 0. The summed E-state index contributed by atoms with van der Waals surface area (Å²) in [5.74, 6) is 0.0456. The van der Waals surface area contributed by atoms with Gasteiger partial charge < -0.3 is 5.32 Å². The van der Waals surface area contributed by atoms with Gasteiger partial charge in [0.25, 0.3) is 5.69 Å². The smallest absolute Gasteiger partial charge is 0.287 e. The number of hydrogen-bond donors (Lipinski definition) is 1. The molecule has 110 valence electrons. The number of rotatable bonds is 4. The third-order valence-electron chi connectivity index (χ3n) is 2.91. The molecule has 0 fully saturated rings. The Bertz CT molecular complexity index is 816. The van der Waals surface area contributed by atoms with E-state index in [1.54, 1.807) is 24.4 Å². The van der Waals surface area contributed by atoms with Crippen molar-refractivity contribution in [1.29, 1.82) is 0 Å². The highest BCUT2D eigenvalue weighted by Gasteiger charge is 2.08. The number of benzene rings is 1. The number of anilines is 2. The lowest BCUT2D eigenvalue weighted by Crippen LogP contribution is -1.97. The molecule has 0 saturated heterocycles. The standard InChI is InChI=1S/C14H10FN5O2/c15-12-3-1-2-4-13(12)19-9-10(7-17-19)18-14-6-5-11(8-16-14)20(21)22/h1-9H,(H,16,18). The minimum Gasteiger partial charge on any atom is -0.338 e. The topological polar surface area (TPSA) is 85.9 Å². The van der Waals surface area contributed by atoms with Crippen molar-refractivity contribution >= 4 is 17.2 Å². The summed E-state index contributed by atoms with van der Waals surface area (Å²) in [6.45, 7) is 0. The lowest BCUT2D eigenvalue weighted by molar-refractivity contribution is -0.385. The second kappa shape index (κ2) is 5.60. The van der Waals surface area contributed by atoms with Crippen LogP contribution in [-0.2, 0) is 0 Å².